The number of nitrogens with zero attached hydrogens (tertiary/aromatic N) is 1. The summed E-state index contributed by atoms with van der Waals surface area (Å²) in [6.07, 6.45) is 0.202. The van der Waals surface area contributed by atoms with Crippen molar-refractivity contribution < 1.29 is 14.5 Å². The van der Waals surface area contributed by atoms with Gasteiger partial charge in [-0.05, 0) is 35.3 Å². The Kier molecular flexibility index (Phi) is 5.91. The van der Waals surface area contributed by atoms with Gasteiger partial charge >= 0.3 is 0 Å². The van der Waals surface area contributed by atoms with Gasteiger partial charge in [0.2, 0.25) is 6.54 Å². The van der Waals surface area contributed by atoms with Crippen LogP contribution in [0.2, 0.25) is 0 Å². The van der Waals surface area contributed by atoms with Crippen molar-refractivity contribution in [1.29, 1.82) is 0 Å². The highest BCUT2D eigenvalue weighted by Gasteiger charge is 2.36. The van der Waals surface area contributed by atoms with Crippen molar-refractivity contribution in [1.82, 2.24) is 0 Å². The van der Waals surface area contributed by atoms with Crippen molar-refractivity contribution in [2.75, 3.05) is 6.54 Å². The molecule has 0 radical (unpaired) electrons. The van der Waals surface area contributed by atoms with Crippen LogP contribution in [-0.2, 0) is 0 Å². The number of rotatable bonds is 6. The molecular weight excluding hydrogens is 458 g/mol. The zero-order valence-electron chi connectivity index (χ0n) is 16.5. The Labute approximate surface area is 187 Å². The lowest BCUT2D eigenvalue weighted by molar-refractivity contribution is -0.483. The largest absolute Gasteiger partial charge is 0.288 e. The first-order valence-electron chi connectivity index (χ1n) is 9.80. The molecule has 0 saturated heterocycles. The van der Waals surface area contributed by atoms with Crippen LogP contribution in [-0.4, -0.2) is 23.0 Å². The average Bonchev–Trinajstić information content (AvgIpc) is 3.03. The Hall–Kier alpha value is -3.38. The third-order valence-electron chi connectivity index (χ3n) is 5.46. The van der Waals surface area contributed by atoms with Crippen molar-refractivity contribution >= 4 is 33.1 Å². The molecule has 3 aromatic rings. The van der Waals surface area contributed by atoms with Crippen LogP contribution >= 0.6 is 15.9 Å². The second-order valence-electron chi connectivity index (χ2n) is 7.39. The smallest absolute Gasteiger partial charge is 0.210 e. The van der Waals surface area contributed by atoms with E-state index in [2.05, 4.69) is 15.9 Å². The Morgan fingerprint density at radius 2 is 1.39 bits per heavy atom. The van der Waals surface area contributed by atoms with E-state index in [1.807, 2.05) is 54.6 Å². The number of Topliss-reactive ketones (excluding diaryl/α,β-unsaturated/α-hetero) is 2. The van der Waals surface area contributed by atoms with Crippen molar-refractivity contribution in [2.24, 2.45) is 0 Å². The fraction of sp³-hybridized carbons (Fsp3) is 0.120. The monoisotopic (exact) mass is 475 g/mol. The topological polar surface area (TPSA) is 77.3 Å². The molecule has 1 atom stereocenters. The predicted octanol–water partition coefficient (Wildman–Crippen LogP) is 5.73. The third kappa shape index (κ3) is 4.25. The van der Waals surface area contributed by atoms with Gasteiger partial charge in [-0.25, -0.2) is 0 Å². The first-order valence-corrected chi connectivity index (χ1v) is 10.6. The molecule has 0 spiro atoms. The maximum absolute atomic E-state index is 13.2. The zero-order valence-corrected chi connectivity index (χ0v) is 18.0. The molecule has 3 aromatic carbocycles. The summed E-state index contributed by atoms with van der Waals surface area (Å²) in [5.74, 6) is -1.14. The number of carbonyl (C=O) groups is 2. The van der Waals surface area contributed by atoms with Gasteiger partial charge in [-0.1, -0.05) is 82.7 Å². The van der Waals surface area contributed by atoms with Crippen LogP contribution in [0.5, 0.6) is 0 Å². The average molecular weight is 476 g/mol. The van der Waals surface area contributed by atoms with E-state index in [-0.39, 0.29) is 35.0 Å². The number of hydrogen-bond donors (Lipinski definition) is 0. The van der Waals surface area contributed by atoms with E-state index in [9.17, 15) is 19.7 Å². The fourth-order valence-electron chi connectivity index (χ4n) is 3.98. The highest BCUT2D eigenvalue weighted by Crippen LogP contribution is 2.37. The minimum atomic E-state index is -0.491. The Bertz CT molecular complexity index is 1160. The number of ketones is 2. The lowest BCUT2D eigenvalue weighted by Gasteiger charge is -2.18. The van der Waals surface area contributed by atoms with Gasteiger partial charge in [-0.15, -0.1) is 0 Å². The van der Waals surface area contributed by atoms with Crippen LogP contribution in [0.3, 0.4) is 0 Å². The molecule has 31 heavy (non-hydrogen) atoms. The van der Waals surface area contributed by atoms with Crippen LogP contribution in [0.15, 0.2) is 88.9 Å². The van der Waals surface area contributed by atoms with E-state index < -0.39 is 5.92 Å². The SMILES string of the molecule is O=C1C(=C(C[C@H](C[N+](=O)[O-])c2ccc(Br)cc2)c2ccccc2)C(=O)c2ccccc21. The number of halogens is 1. The minimum Gasteiger partial charge on any atom is -0.288 e. The molecule has 0 bridgehead atoms. The van der Waals surface area contributed by atoms with Crippen LogP contribution in [0.4, 0.5) is 0 Å². The van der Waals surface area contributed by atoms with Gasteiger partial charge < -0.3 is 0 Å². The van der Waals surface area contributed by atoms with Crippen molar-refractivity contribution in [2.45, 2.75) is 12.3 Å². The molecule has 6 heteroatoms. The van der Waals surface area contributed by atoms with E-state index in [0.717, 1.165) is 15.6 Å². The van der Waals surface area contributed by atoms with E-state index >= 15 is 0 Å². The zero-order chi connectivity index (χ0) is 22.0. The van der Waals surface area contributed by atoms with Gasteiger partial charge in [-0.3, -0.25) is 19.7 Å². The van der Waals surface area contributed by atoms with Gasteiger partial charge in [0, 0.05) is 20.5 Å². The van der Waals surface area contributed by atoms with Gasteiger partial charge in [0.15, 0.2) is 11.6 Å². The summed E-state index contributed by atoms with van der Waals surface area (Å²) in [6.45, 7) is -0.305. The molecule has 5 nitrogen and oxygen atoms in total. The van der Waals surface area contributed by atoms with Gasteiger partial charge in [0.05, 0.1) is 11.5 Å². The van der Waals surface area contributed by atoms with Crippen LogP contribution in [0, 0.1) is 10.1 Å². The normalized spacial score (nSPS) is 13.8. The highest BCUT2D eigenvalue weighted by atomic mass is 79.9. The van der Waals surface area contributed by atoms with Crippen LogP contribution in [0.25, 0.3) is 5.57 Å². The quantitative estimate of drug-likeness (QED) is 0.197. The Morgan fingerprint density at radius 1 is 0.839 bits per heavy atom. The molecule has 0 aliphatic heterocycles. The summed E-state index contributed by atoms with van der Waals surface area (Å²) < 4.78 is 0.870. The van der Waals surface area contributed by atoms with E-state index in [0.29, 0.717) is 16.7 Å². The van der Waals surface area contributed by atoms with Crippen molar-refractivity contribution in [3.05, 3.63) is 121 Å². The molecule has 154 valence electrons. The number of allylic oxidation sites excluding steroid dienone is 2. The first kappa shape index (κ1) is 20.9. The van der Waals surface area contributed by atoms with Crippen molar-refractivity contribution in [3.63, 3.8) is 0 Å². The third-order valence-corrected chi connectivity index (χ3v) is 5.98. The van der Waals surface area contributed by atoms with Crippen LogP contribution in [0.1, 0.15) is 44.2 Å². The summed E-state index contributed by atoms with van der Waals surface area (Å²) >= 11 is 3.39. The van der Waals surface area contributed by atoms with E-state index in [1.165, 1.54) is 0 Å². The molecule has 0 unspecified atom stereocenters. The maximum atomic E-state index is 13.2. The predicted molar refractivity (Wildman–Crippen MR) is 122 cm³/mol. The molecule has 0 fully saturated rings. The lowest BCUT2D eigenvalue weighted by Crippen LogP contribution is -2.15. The first-order chi connectivity index (χ1) is 15.0. The number of carbonyl (C=O) groups excluding carboxylic acids is 2. The summed E-state index contributed by atoms with van der Waals surface area (Å²) in [4.78, 5) is 37.5. The summed E-state index contributed by atoms with van der Waals surface area (Å²) in [7, 11) is 0. The fourth-order valence-corrected chi connectivity index (χ4v) is 4.24. The molecular formula is C25H18BrNO4. The Balaban J connectivity index is 1.85. The van der Waals surface area contributed by atoms with Crippen molar-refractivity contribution in [3.8, 4) is 0 Å². The molecule has 0 saturated carbocycles. The number of fused-ring (bicyclic) bond motifs is 1. The number of benzene rings is 3. The van der Waals surface area contributed by atoms with Crippen LogP contribution < -0.4 is 0 Å². The molecule has 0 amide bonds. The van der Waals surface area contributed by atoms with E-state index in [4.69, 9.17) is 0 Å². The summed E-state index contributed by atoms with van der Waals surface area (Å²) in [5.41, 5.74) is 2.91. The lowest BCUT2D eigenvalue weighted by atomic mass is 9.85. The van der Waals surface area contributed by atoms with Gasteiger partial charge in [0.1, 0.15) is 0 Å². The standard InChI is InChI=1S/C25H18BrNO4/c26-19-12-10-16(11-13-19)18(15-27(30)31)14-22(17-6-2-1-3-7-17)23-24(28)20-8-4-5-9-21(20)25(23)29/h1-13,18H,14-15H2/t18-/m1/s1. The molecule has 1 aliphatic rings. The molecule has 4 rings (SSSR count). The Morgan fingerprint density at radius 3 is 1.94 bits per heavy atom. The van der Waals surface area contributed by atoms with Gasteiger partial charge in [0.25, 0.3) is 0 Å². The molecule has 0 aromatic heterocycles. The summed E-state index contributed by atoms with van der Waals surface area (Å²) in [5, 5.41) is 11.4. The molecule has 1 aliphatic carbocycles. The van der Waals surface area contributed by atoms with E-state index in [1.54, 1.807) is 24.3 Å². The number of hydrogen-bond acceptors (Lipinski definition) is 4. The molecule has 0 N–H and O–H groups in total. The highest BCUT2D eigenvalue weighted by molar-refractivity contribution is 9.10. The summed E-state index contributed by atoms with van der Waals surface area (Å²) in [6, 6.07) is 23.2. The maximum Gasteiger partial charge on any atom is 0.210 e. The minimum absolute atomic E-state index is 0.109. The number of nitro groups is 1. The second-order valence-corrected chi connectivity index (χ2v) is 8.31. The second kappa shape index (κ2) is 8.78. The molecule has 0 heterocycles. The van der Waals surface area contributed by atoms with Gasteiger partial charge in [-0.2, -0.15) is 0 Å².